The molecular formula is C15H16BrN5. The molecule has 5 nitrogen and oxygen atoms in total. The van der Waals surface area contributed by atoms with E-state index < -0.39 is 0 Å². The smallest absolute Gasteiger partial charge is 0.0740 e. The van der Waals surface area contributed by atoms with Crippen LogP contribution in [0.3, 0.4) is 0 Å². The van der Waals surface area contributed by atoms with Gasteiger partial charge in [-0.05, 0) is 34.1 Å². The predicted octanol–water partition coefficient (Wildman–Crippen LogP) is 2.48. The maximum atomic E-state index is 5.73. The van der Waals surface area contributed by atoms with Gasteiger partial charge in [0.15, 0.2) is 0 Å². The van der Waals surface area contributed by atoms with Crippen molar-refractivity contribution >= 4 is 26.8 Å². The molecule has 1 unspecified atom stereocenters. The molecule has 0 saturated carbocycles. The van der Waals surface area contributed by atoms with Crippen LogP contribution < -0.4 is 11.3 Å². The minimum atomic E-state index is -0.0983. The molecule has 0 saturated heterocycles. The first-order valence-corrected chi connectivity index (χ1v) is 7.46. The third-order valence-corrected chi connectivity index (χ3v) is 4.05. The summed E-state index contributed by atoms with van der Waals surface area (Å²) < 4.78 is 2.73. The van der Waals surface area contributed by atoms with Crippen LogP contribution in [0.15, 0.2) is 47.1 Å². The van der Waals surface area contributed by atoms with Crippen LogP contribution in [0.25, 0.3) is 10.9 Å². The molecule has 0 amide bonds. The highest BCUT2D eigenvalue weighted by molar-refractivity contribution is 9.10. The van der Waals surface area contributed by atoms with E-state index in [0.29, 0.717) is 6.42 Å². The Morgan fingerprint density at radius 2 is 2.14 bits per heavy atom. The van der Waals surface area contributed by atoms with Crippen LogP contribution >= 0.6 is 15.9 Å². The number of para-hydroxylation sites is 1. The highest BCUT2D eigenvalue weighted by Crippen LogP contribution is 2.27. The number of halogens is 1. The molecule has 3 aromatic rings. The van der Waals surface area contributed by atoms with Gasteiger partial charge < -0.3 is 0 Å². The molecule has 0 fully saturated rings. The van der Waals surface area contributed by atoms with Crippen molar-refractivity contribution in [2.45, 2.75) is 12.5 Å². The van der Waals surface area contributed by atoms with Crippen LogP contribution in [0.1, 0.15) is 17.4 Å². The molecule has 21 heavy (non-hydrogen) atoms. The standard InChI is InChI=1S/C15H16BrN5/c1-21-7-6-11(20-21)9-14(19-17)15-12(16)8-10-4-2-3-5-13(10)18-15/h2-8,14,19H,9,17H2,1H3. The molecular weight excluding hydrogens is 330 g/mol. The summed E-state index contributed by atoms with van der Waals surface area (Å²) >= 11 is 3.59. The molecule has 1 atom stereocenters. The molecule has 108 valence electrons. The maximum absolute atomic E-state index is 5.73. The van der Waals surface area contributed by atoms with Gasteiger partial charge in [0, 0.05) is 29.5 Å². The first kappa shape index (κ1) is 14.2. The Balaban J connectivity index is 1.97. The van der Waals surface area contributed by atoms with E-state index in [9.17, 15) is 0 Å². The molecule has 3 N–H and O–H groups in total. The van der Waals surface area contributed by atoms with E-state index in [2.05, 4.69) is 32.5 Å². The largest absolute Gasteiger partial charge is 0.276 e. The van der Waals surface area contributed by atoms with Gasteiger partial charge in [-0.2, -0.15) is 5.10 Å². The number of nitrogens with zero attached hydrogens (tertiary/aromatic N) is 3. The molecule has 0 aliphatic heterocycles. The number of rotatable bonds is 4. The zero-order valence-corrected chi connectivity index (χ0v) is 13.2. The Bertz CT molecular complexity index is 768. The number of aromatic nitrogens is 3. The van der Waals surface area contributed by atoms with Crippen LogP contribution in [0, 0.1) is 0 Å². The van der Waals surface area contributed by atoms with E-state index >= 15 is 0 Å². The number of aryl methyl sites for hydroxylation is 1. The van der Waals surface area contributed by atoms with Gasteiger partial charge in [0.1, 0.15) is 0 Å². The molecule has 0 aliphatic rings. The quantitative estimate of drug-likeness (QED) is 0.563. The van der Waals surface area contributed by atoms with Gasteiger partial charge in [-0.3, -0.25) is 16.0 Å². The molecule has 6 heteroatoms. The second-order valence-electron chi connectivity index (χ2n) is 4.95. The molecule has 2 aromatic heterocycles. The Morgan fingerprint density at radius 3 is 2.86 bits per heavy atom. The van der Waals surface area contributed by atoms with E-state index in [-0.39, 0.29) is 6.04 Å². The van der Waals surface area contributed by atoms with Crippen molar-refractivity contribution in [2.75, 3.05) is 0 Å². The lowest BCUT2D eigenvalue weighted by atomic mass is 10.1. The lowest BCUT2D eigenvalue weighted by Crippen LogP contribution is -2.30. The van der Waals surface area contributed by atoms with E-state index in [0.717, 1.165) is 26.8 Å². The molecule has 3 rings (SSSR count). The van der Waals surface area contributed by atoms with Crippen molar-refractivity contribution in [2.24, 2.45) is 12.9 Å². The van der Waals surface area contributed by atoms with Crippen molar-refractivity contribution in [3.63, 3.8) is 0 Å². The Labute approximate surface area is 131 Å². The molecule has 2 heterocycles. The van der Waals surface area contributed by atoms with Crippen LogP contribution in [-0.2, 0) is 13.5 Å². The second kappa shape index (κ2) is 5.93. The third-order valence-electron chi connectivity index (χ3n) is 3.42. The van der Waals surface area contributed by atoms with Crippen molar-refractivity contribution in [3.8, 4) is 0 Å². The van der Waals surface area contributed by atoms with Crippen LogP contribution in [0.4, 0.5) is 0 Å². The van der Waals surface area contributed by atoms with Crippen molar-refractivity contribution in [3.05, 3.63) is 58.5 Å². The predicted molar refractivity (Wildman–Crippen MR) is 86.4 cm³/mol. The van der Waals surface area contributed by atoms with Gasteiger partial charge in [-0.1, -0.05) is 18.2 Å². The minimum absolute atomic E-state index is 0.0983. The number of nitrogens with one attached hydrogen (secondary N) is 1. The number of hydrogen-bond acceptors (Lipinski definition) is 4. The zero-order valence-electron chi connectivity index (χ0n) is 11.6. The zero-order chi connectivity index (χ0) is 14.8. The summed E-state index contributed by atoms with van der Waals surface area (Å²) in [5.74, 6) is 5.73. The van der Waals surface area contributed by atoms with Crippen molar-refractivity contribution in [1.29, 1.82) is 0 Å². The second-order valence-corrected chi connectivity index (χ2v) is 5.81. The minimum Gasteiger partial charge on any atom is -0.276 e. The molecule has 0 aliphatic carbocycles. The SMILES string of the molecule is Cn1ccc(CC(NN)c2nc3ccccc3cc2Br)n1. The first-order valence-electron chi connectivity index (χ1n) is 6.67. The number of hydrazine groups is 1. The number of benzene rings is 1. The molecule has 0 bridgehead atoms. The lowest BCUT2D eigenvalue weighted by Gasteiger charge is -2.16. The molecule has 0 spiro atoms. The van der Waals surface area contributed by atoms with Crippen LogP contribution in [0.2, 0.25) is 0 Å². The first-order chi connectivity index (χ1) is 10.2. The number of pyridine rings is 1. The Hall–Kier alpha value is -1.76. The fraction of sp³-hybridized carbons (Fsp3) is 0.200. The van der Waals surface area contributed by atoms with E-state index in [1.165, 1.54) is 0 Å². The van der Waals surface area contributed by atoms with Gasteiger partial charge in [0.2, 0.25) is 0 Å². The highest BCUT2D eigenvalue weighted by Gasteiger charge is 2.17. The fourth-order valence-electron chi connectivity index (χ4n) is 2.37. The average molecular weight is 346 g/mol. The van der Waals surface area contributed by atoms with Crippen LogP contribution in [0.5, 0.6) is 0 Å². The van der Waals surface area contributed by atoms with E-state index in [1.54, 1.807) is 4.68 Å². The average Bonchev–Trinajstić information content (AvgIpc) is 2.89. The lowest BCUT2D eigenvalue weighted by molar-refractivity contribution is 0.528. The van der Waals surface area contributed by atoms with Gasteiger partial charge >= 0.3 is 0 Å². The monoisotopic (exact) mass is 345 g/mol. The third kappa shape index (κ3) is 2.97. The number of nitrogens with two attached hydrogens (primary N) is 1. The number of hydrogen-bond donors (Lipinski definition) is 2. The summed E-state index contributed by atoms with van der Waals surface area (Å²) in [5.41, 5.74) is 5.66. The van der Waals surface area contributed by atoms with Gasteiger partial charge in [-0.25, -0.2) is 4.98 Å². The maximum Gasteiger partial charge on any atom is 0.0740 e. The summed E-state index contributed by atoms with van der Waals surface area (Å²) in [6, 6.07) is 12.0. The summed E-state index contributed by atoms with van der Waals surface area (Å²) in [6.45, 7) is 0. The normalized spacial score (nSPS) is 12.7. The summed E-state index contributed by atoms with van der Waals surface area (Å²) in [4.78, 5) is 4.72. The Kier molecular flexibility index (Phi) is 4.01. The van der Waals surface area contributed by atoms with Gasteiger partial charge in [-0.15, -0.1) is 0 Å². The summed E-state index contributed by atoms with van der Waals surface area (Å²) in [5, 5.41) is 5.49. The topological polar surface area (TPSA) is 68.8 Å². The Morgan fingerprint density at radius 1 is 1.33 bits per heavy atom. The highest BCUT2D eigenvalue weighted by atomic mass is 79.9. The summed E-state index contributed by atoms with van der Waals surface area (Å²) in [6.07, 6.45) is 2.60. The molecule has 1 aromatic carbocycles. The van der Waals surface area contributed by atoms with Gasteiger partial charge in [0.05, 0.1) is 22.9 Å². The van der Waals surface area contributed by atoms with E-state index in [4.69, 9.17) is 10.8 Å². The summed E-state index contributed by atoms with van der Waals surface area (Å²) in [7, 11) is 1.90. The van der Waals surface area contributed by atoms with Crippen LogP contribution in [-0.4, -0.2) is 14.8 Å². The number of fused-ring (bicyclic) bond motifs is 1. The van der Waals surface area contributed by atoms with E-state index in [1.807, 2.05) is 43.6 Å². The van der Waals surface area contributed by atoms with Crippen molar-refractivity contribution in [1.82, 2.24) is 20.2 Å². The fourth-order valence-corrected chi connectivity index (χ4v) is 2.98. The van der Waals surface area contributed by atoms with Gasteiger partial charge in [0.25, 0.3) is 0 Å². The molecule has 0 radical (unpaired) electrons. The van der Waals surface area contributed by atoms with Crippen molar-refractivity contribution < 1.29 is 0 Å².